The van der Waals surface area contributed by atoms with Crippen LogP contribution in [0.25, 0.3) is 0 Å². The molecule has 4 heteroatoms. The molecule has 0 spiro atoms. The van der Waals surface area contributed by atoms with Crippen molar-refractivity contribution in [2.45, 2.75) is 30.6 Å². The van der Waals surface area contributed by atoms with E-state index >= 15 is 0 Å². The maximum absolute atomic E-state index is 11.8. The quantitative estimate of drug-likeness (QED) is 0.847. The second kappa shape index (κ2) is 3.57. The van der Waals surface area contributed by atoms with E-state index in [2.05, 4.69) is 0 Å². The minimum absolute atomic E-state index is 0.0174. The van der Waals surface area contributed by atoms with Gasteiger partial charge in [0.15, 0.2) is 9.84 Å². The summed E-state index contributed by atoms with van der Waals surface area (Å²) in [4.78, 5) is 0.450. The number of benzene rings is 1. The van der Waals surface area contributed by atoms with Crippen molar-refractivity contribution in [2.24, 2.45) is 0 Å². The first-order valence-electron chi connectivity index (χ1n) is 5.34. The zero-order chi connectivity index (χ0) is 12.0. The van der Waals surface area contributed by atoms with Crippen molar-refractivity contribution < 1.29 is 13.5 Å². The molecule has 0 radical (unpaired) electrons. The van der Waals surface area contributed by atoms with Crippen LogP contribution in [0.3, 0.4) is 0 Å². The normalized spacial score (nSPS) is 18.4. The molecule has 0 saturated carbocycles. The average molecular weight is 240 g/mol. The van der Waals surface area contributed by atoms with Crippen molar-refractivity contribution in [3.63, 3.8) is 0 Å². The van der Waals surface area contributed by atoms with Crippen LogP contribution in [0, 0.1) is 0 Å². The molecule has 1 aromatic carbocycles. The molecule has 1 aliphatic heterocycles. The van der Waals surface area contributed by atoms with Crippen molar-refractivity contribution in [3.05, 3.63) is 29.3 Å². The highest BCUT2D eigenvalue weighted by atomic mass is 32.2. The molecule has 0 fully saturated rings. The van der Waals surface area contributed by atoms with Crippen LogP contribution in [-0.2, 0) is 21.7 Å². The van der Waals surface area contributed by atoms with E-state index in [1.807, 2.05) is 19.9 Å². The Balaban J connectivity index is 2.65. The molecule has 1 aromatic rings. The monoisotopic (exact) mass is 240 g/mol. The van der Waals surface area contributed by atoms with E-state index in [1.165, 1.54) is 0 Å². The number of rotatable bonds is 2. The highest BCUT2D eigenvalue weighted by Crippen LogP contribution is 2.34. The van der Waals surface area contributed by atoms with Crippen LogP contribution in [0.4, 0.5) is 0 Å². The molecule has 0 unspecified atom stereocenters. The molecule has 0 saturated heterocycles. The van der Waals surface area contributed by atoms with Gasteiger partial charge < -0.3 is 5.11 Å². The lowest BCUT2D eigenvalue weighted by atomic mass is 9.82. The van der Waals surface area contributed by atoms with Gasteiger partial charge in [0.25, 0.3) is 0 Å². The molecule has 0 aliphatic carbocycles. The molecule has 1 N–H and O–H groups in total. The number of hydrogen-bond acceptors (Lipinski definition) is 3. The van der Waals surface area contributed by atoms with Crippen LogP contribution in [-0.4, -0.2) is 25.9 Å². The first-order chi connectivity index (χ1) is 7.38. The fourth-order valence-corrected chi connectivity index (χ4v) is 3.75. The molecular weight excluding hydrogens is 224 g/mol. The second-order valence-corrected chi connectivity index (χ2v) is 6.97. The van der Waals surface area contributed by atoms with Gasteiger partial charge in [-0.25, -0.2) is 8.42 Å². The number of sulfone groups is 1. The average Bonchev–Trinajstić information content (AvgIpc) is 2.55. The standard InChI is InChI=1S/C12H16O3S/c1-12(2,8-13)10-4-3-5-11-9(10)6-7-16(11,14)15/h3-5,13H,6-8H2,1-2H3. The van der Waals surface area contributed by atoms with Gasteiger partial charge in [0, 0.05) is 5.41 Å². The van der Waals surface area contributed by atoms with Crippen LogP contribution in [0.1, 0.15) is 25.0 Å². The molecule has 2 rings (SSSR count). The van der Waals surface area contributed by atoms with E-state index in [0.717, 1.165) is 11.1 Å². The summed E-state index contributed by atoms with van der Waals surface area (Å²) in [6.07, 6.45) is 0.567. The Labute approximate surface area is 96.0 Å². The minimum atomic E-state index is -3.08. The Morgan fingerprint density at radius 2 is 2.06 bits per heavy atom. The molecule has 16 heavy (non-hydrogen) atoms. The van der Waals surface area contributed by atoms with Crippen LogP contribution in [0.15, 0.2) is 23.1 Å². The predicted molar refractivity (Wildman–Crippen MR) is 62.3 cm³/mol. The van der Waals surface area contributed by atoms with E-state index in [0.29, 0.717) is 11.3 Å². The lowest BCUT2D eigenvalue weighted by Crippen LogP contribution is -2.23. The minimum Gasteiger partial charge on any atom is -0.395 e. The van der Waals surface area contributed by atoms with Crippen molar-refractivity contribution in [3.8, 4) is 0 Å². The molecular formula is C12H16O3S. The molecule has 3 nitrogen and oxygen atoms in total. The highest BCUT2D eigenvalue weighted by Gasteiger charge is 2.32. The Bertz CT molecular complexity index is 515. The largest absolute Gasteiger partial charge is 0.395 e. The van der Waals surface area contributed by atoms with Crippen LogP contribution >= 0.6 is 0 Å². The number of aliphatic hydroxyl groups is 1. The van der Waals surface area contributed by atoms with Gasteiger partial charge in [-0.05, 0) is 23.6 Å². The Kier molecular flexibility index (Phi) is 2.59. The van der Waals surface area contributed by atoms with E-state index in [1.54, 1.807) is 12.1 Å². The first-order valence-corrected chi connectivity index (χ1v) is 7.00. The Morgan fingerprint density at radius 3 is 2.69 bits per heavy atom. The smallest absolute Gasteiger partial charge is 0.178 e. The maximum atomic E-state index is 11.8. The summed E-state index contributed by atoms with van der Waals surface area (Å²) >= 11 is 0. The van der Waals surface area contributed by atoms with Gasteiger partial charge in [-0.2, -0.15) is 0 Å². The van der Waals surface area contributed by atoms with Gasteiger partial charge in [-0.1, -0.05) is 26.0 Å². The zero-order valence-electron chi connectivity index (χ0n) is 9.53. The SMILES string of the molecule is CC(C)(CO)c1cccc2c1CCS2(=O)=O. The zero-order valence-corrected chi connectivity index (χ0v) is 10.3. The van der Waals surface area contributed by atoms with Gasteiger partial charge in [0.2, 0.25) is 0 Å². The Morgan fingerprint density at radius 1 is 1.38 bits per heavy atom. The summed E-state index contributed by atoms with van der Waals surface area (Å²) in [6.45, 7) is 3.87. The van der Waals surface area contributed by atoms with Crippen LogP contribution in [0.2, 0.25) is 0 Å². The van der Waals surface area contributed by atoms with Crippen molar-refractivity contribution >= 4 is 9.84 Å². The van der Waals surface area contributed by atoms with E-state index in [-0.39, 0.29) is 17.8 Å². The lowest BCUT2D eigenvalue weighted by molar-refractivity contribution is 0.217. The van der Waals surface area contributed by atoms with Crippen molar-refractivity contribution in [1.29, 1.82) is 0 Å². The first kappa shape index (κ1) is 11.6. The third-order valence-corrected chi connectivity index (χ3v) is 5.01. The number of hydrogen-bond donors (Lipinski definition) is 1. The fraction of sp³-hybridized carbons (Fsp3) is 0.500. The van der Waals surface area contributed by atoms with E-state index < -0.39 is 9.84 Å². The topological polar surface area (TPSA) is 54.4 Å². The van der Waals surface area contributed by atoms with Gasteiger partial charge in [-0.3, -0.25) is 0 Å². The van der Waals surface area contributed by atoms with E-state index in [4.69, 9.17) is 0 Å². The predicted octanol–water partition coefficient (Wildman–Crippen LogP) is 1.29. The summed E-state index contributed by atoms with van der Waals surface area (Å²) < 4.78 is 23.5. The molecule has 88 valence electrons. The highest BCUT2D eigenvalue weighted by molar-refractivity contribution is 7.91. The number of aliphatic hydroxyl groups excluding tert-OH is 1. The third kappa shape index (κ3) is 1.66. The molecule has 1 aliphatic rings. The summed E-state index contributed by atoms with van der Waals surface area (Å²) in [5.74, 6) is 0.195. The van der Waals surface area contributed by atoms with Gasteiger partial charge in [-0.15, -0.1) is 0 Å². The van der Waals surface area contributed by atoms with Gasteiger partial charge in [0.05, 0.1) is 17.3 Å². The third-order valence-electron chi connectivity index (χ3n) is 3.21. The lowest BCUT2D eigenvalue weighted by Gasteiger charge is -2.24. The summed E-state index contributed by atoms with van der Waals surface area (Å²) in [6, 6.07) is 5.33. The van der Waals surface area contributed by atoms with Crippen LogP contribution in [0.5, 0.6) is 0 Å². The summed E-state index contributed by atoms with van der Waals surface area (Å²) in [5, 5.41) is 9.36. The molecule has 0 aromatic heterocycles. The van der Waals surface area contributed by atoms with Crippen LogP contribution < -0.4 is 0 Å². The fourth-order valence-electron chi connectivity index (χ4n) is 2.18. The second-order valence-electron chi connectivity index (χ2n) is 4.89. The maximum Gasteiger partial charge on any atom is 0.178 e. The molecule has 1 heterocycles. The molecule has 0 bridgehead atoms. The van der Waals surface area contributed by atoms with Gasteiger partial charge in [0.1, 0.15) is 0 Å². The summed E-state index contributed by atoms with van der Waals surface area (Å²) in [5.41, 5.74) is 1.46. The van der Waals surface area contributed by atoms with Gasteiger partial charge >= 0.3 is 0 Å². The van der Waals surface area contributed by atoms with E-state index in [9.17, 15) is 13.5 Å². The van der Waals surface area contributed by atoms with Crippen molar-refractivity contribution in [2.75, 3.05) is 12.4 Å². The molecule has 0 amide bonds. The molecule has 0 atom stereocenters. The number of fused-ring (bicyclic) bond motifs is 1. The Hall–Kier alpha value is -0.870. The van der Waals surface area contributed by atoms with Crippen molar-refractivity contribution in [1.82, 2.24) is 0 Å². The summed E-state index contributed by atoms with van der Waals surface area (Å²) in [7, 11) is -3.08.